The van der Waals surface area contributed by atoms with Gasteiger partial charge in [-0.3, -0.25) is 9.98 Å². The van der Waals surface area contributed by atoms with Crippen molar-refractivity contribution in [3.05, 3.63) is 65.9 Å². The van der Waals surface area contributed by atoms with Crippen LogP contribution in [0.25, 0.3) is 10.9 Å². The Hall–Kier alpha value is -2.55. The maximum atomic E-state index is 5.43. The SMILES string of the molecule is CN=C(NCCc1ccc2c(c1)OCO2)NCc1cccc2cccnc12.I. The fourth-order valence-electron chi connectivity index (χ4n) is 3.13. The molecule has 146 valence electrons. The van der Waals surface area contributed by atoms with Crippen LogP contribution in [0.5, 0.6) is 11.5 Å². The Morgan fingerprint density at radius 2 is 1.93 bits per heavy atom. The van der Waals surface area contributed by atoms with Crippen LogP contribution in [0.1, 0.15) is 11.1 Å². The summed E-state index contributed by atoms with van der Waals surface area (Å²) in [5.74, 6) is 2.40. The number of nitrogens with zero attached hydrogens (tertiary/aromatic N) is 2. The van der Waals surface area contributed by atoms with Crippen LogP contribution in [0.3, 0.4) is 0 Å². The molecule has 0 saturated heterocycles. The van der Waals surface area contributed by atoms with E-state index < -0.39 is 0 Å². The Bertz CT molecular complexity index is 972. The second-order valence-electron chi connectivity index (χ2n) is 6.28. The first-order valence-electron chi connectivity index (χ1n) is 8.99. The van der Waals surface area contributed by atoms with Gasteiger partial charge in [-0.1, -0.05) is 30.3 Å². The molecule has 0 fully saturated rings. The Morgan fingerprint density at radius 3 is 2.82 bits per heavy atom. The summed E-state index contributed by atoms with van der Waals surface area (Å²) < 4.78 is 10.8. The zero-order chi connectivity index (χ0) is 18.5. The number of guanidine groups is 1. The van der Waals surface area contributed by atoms with Crippen LogP contribution in [0.2, 0.25) is 0 Å². The number of aliphatic imine (C=N–C) groups is 1. The zero-order valence-electron chi connectivity index (χ0n) is 15.6. The summed E-state index contributed by atoms with van der Waals surface area (Å²) in [6.07, 6.45) is 2.69. The quantitative estimate of drug-likeness (QED) is 0.326. The van der Waals surface area contributed by atoms with Gasteiger partial charge in [0.15, 0.2) is 17.5 Å². The molecule has 0 amide bonds. The highest BCUT2D eigenvalue weighted by atomic mass is 127. The van der Waals surface area contributed by atoms with Crippen LogP contribution in [0, 0.1) is 0 Å². The first-order valence-corrected chi connectivity index (χ1v) is 8.99. The molecule has 0 unspecified atom stereocenters. The van der Waals surface area contributed by atoms with E-state index in [0.29, 0.717) is 13.3 Å². The van der Waals surface area contributed by atoms with Crippen molar-refractivity contribution in [3.8, 4) is 11.5 Å². The van der Waals surface area contributed by atoms with Gasteiger partial charge in [-0.15, -0.1) is 24.0 Å². The summed E-state index contributed by atoms with van der Waals surface area (Å²) in [6, 6.07) is 16.3. The van der Waals surface area contributed by atoms with Crippen molar-refractivity contribution in [2.24, 2.45) is 4.99 Å². The number of hydrogen-bond donors (Lipinski definition) is 2. The summed E-state index contributed by atoms with van der Waals surface area (Å²) in [4.78, 5) is 8.79. The van der Waals surface area contributed by atoms with Crippen LogP contribution in [-0.2, 0) is 13.0 Å². The van der Waals surface area contributed by atoms with E-state index in [1.165, 1.54) is 5.56 Å². The molecular formula is C21H23IN4O2. The summed E-state index contributed by atoms with van der Waals surface area (Å²) in [5.41, 5.74) is 3.36. The molecule has 1 aliphatic rings. The average molecular weight is 490 g/mol. The molecule has 3 aromatic rings. The molecule has 4 rings (SSSR count). The summed E-state index contributed by atoms with van der Waals surface area (Å²) >= 11 is 0. The second kappa shape index (κ2) is 9.59. The smallest absolute Gasteiger partial charge is 0.231 e. The van der Waals surface area contributed by atoms with Crippen LogP contribution in [0.15, 0.2) is 59.7 Å². The minimum Gasteiger partial charge on any atom is -0.454 e. The number of ether oxygens (including phenoxy) is 2. The number of fused-ring (bicyclic) bond motifs is 2. The molecule has 0 bridgehead atoms. The van der Waals surface area contributed by atoms with Gasteiger partial charge in [0.25, 0.3) is 0 Å². The predicted molar refractivity (Wildman–Crippen MR) is 122 cm³/mol. The first kappa shape index (κ1) is 20.2. The third kappa shape index (κ3) is 4.64. The fraction of sp³-hybridized carbons (Fsp3) is 0.238. The van der Waals surface area contributed by atoms with E-state index in [0.717, 1.165) is 46.9 Å². The molecule has 2 heterocycles. The van der Waals surface area contributed by atoms with Gasteiger partial charge < -0.3 is 20.1 Å². The summed E-state index contributed by atoms with van der Waals surface area (Å²) in [6.45, 7) is 1.74. The van der Waals surface area contributed by atoms with Gasteiger partial charge >= 0.3 is 0 Å². The molecule has 0 radical (unpaired) electrons. The molecule has 0 spiro atoms. The Morgan fingerprint density at radius 1 is 1.07 bits per heavy atom. The Labute approximate surface area is 181 Å². The number of hydrogen-bond acceptors (Lipinski definition) is 4. The number of aromatic nitrogens is 1. The molecule has 2 aromatic carbocycles. The van der Waals surface area contributed by atoms with Gasteiger partial charge in [0.1, 0.15) is 0 Å². The summed E-state index contributed by atoms with van der Waals surface area (Å²) in [7, 11) is 1.78. The van der Waals surface area contributed by atoms with Crippen molar-refractivity contribution in [1.29, 1.82) is 0 Å². The second-order valence-corrected chi connectivity index (χ2v) is 6.28. The molecular weight excluding hydrogens is 467 g/mol. The van der Waals surface area contributed by atoms with E-state index in [2.05, 4.69) is 50.9 Å². The van der Waals surface area contributed by atoms with Crippen LogP contribution >= 0.6 is 24.0 Å². The van der Waals surface area contributed by atoms with E-state index in [1.807, 2.05) is 24.4 Å². The molecule has 2 N–H and O–H groups in total. The van der Waals surface area contributed by atoms with E-state index >= 15 is 0 Å². The van der Waals surface area contributed by atoms with Crippen molar-refractivity contribution in [2.75, 3.05) is 20.4 Å². The van der Waals surface area contributed by atoms with Gasteiger partial charge in [0.2, 0.25) is 6.79 Å². The highest BCUT2D eigenvalue weighted by molar-refractivity contribution is 14.0. The lowest BCUT2D eigenvalue weighted by molar-refractivity contribution is 0.174. The van der Waals surface area contributed by atoms with Crippen LogP contribution in [-0.4, -0.2) is 31.3 Å². The predicted octanol–water partition coefficient (Wildman–Crippen LogP) is 3.49. The lowest BCUT2D eigenvalue weighted by atomic mass is 10.1. The molecule has 1 aromatic heterocycles. The van der Waals surface area contributed by atoms with Gasteiger partial charge in [-0.2, -0.15) is 0 Å². The Balaban J connectivity index is 0.00000225. The van der Waals surface area contributed by atoms with Crippen molar-refractivity contribution in [1.82, 2.24) is 15.6 Å². The van der Waals surface area contributed by atoms with Crippen molar-refractivity contribution in [3.63, 3.8) is 0 Å². The monoisotopic (exact) mass is 490 g/mol. The third-order valence-corrected chi connectivity index (χ3v) is 4.53. The van der Waals surface area contributed by atoms with Gasteiger partial charge in [0.05, 0.1) is 5.52 Å². The molecule has 28 heavy (non-hydrogen) atoms. The third-order valence-electron chi connectivity index (χ3n) is 4.53. The maximum absolute atomic E-state index is 5.43. The van der Waals surface area contributed by atoms with E-state index in [-0.39, 0.29) is 24.0 Å². The van der Waals surface area contributed by atoms with Crippen molar-refractivity contribution in [2.45, 2.75) is 13.0 Å². The maximum Gasteiger partial charge on any atom is 0.231 e. The normalized spacial score (nSPS) is 12.5. The molecule has 7 heteroatoms. The van der Waals surface area contributed by atoms with Gasteiger partial charge in [0, 0.05) is 31.7 Å². The fourth-order valence-corrected chi connectivity index (χ4v) is 3.13. The lowest BCUT2D eigenvalue weighted by Gasteiger charge is -2.13. The van der Waals surface area contributed by atoms with Gasteiger partial charge in [-0.05, 0) is 35.7 Å². The van der Waals surface area contributed by atoms with E-state index in [4.69, 9.17) is 9.47 Å². The molecule has 6 nitrogen and oxygen atoms in total. The number of para-hydroxylation sites is 1. The van der Waals surface area contributed by atoms with E-state index in [1.54, 1.807) is 7.05 Å². The number of nitrogens with one attached hydrogen (secondary N) is 2. The average Bonchev–Trinajstić information content (AvgIpc) is 3.18. The van der Waals surface area contributed by atoms with E-state index in [9.17, 15) is 0 Å². The Kier molecular flexibility index (Phi) is 6.91. The summed E-state index contributed by atoms with van der Waals surface area (Å²) in [5, 5.41) is 7.85. The van der Waals surface area contributed by atoms with Crippen molar-refractivity contribution >= 4 is 40.8 Å². The molecule has 1 aliphatic heterocycles. The number of halogens is 1. The first-order chi connectivity index (χ1) is 13.3. The number of pyridine rings is 1. The number of benzene rings is 2. The number of rotatable bonds is 5. The highest BCUT2D eigenvalue weighted by Gasteiger charge is 2.13. The lowest BCUT2D eigenvalue weighted by Crippen LogP contribution is -2.37. The van der Waals surface area contributed by atoms with Crippen LogP contribution < -0.4 is 20.1 Å². The topological polar surface area (TPSA) is 67.8 Å². The van der Waals surface area contributed by atoms with Gasteiger partial charge in [-0.25, -0.2) is 0 Å². The minimum absolute atomic E-state index is 0. The van der Waals surface area contributed by atoms with Crippen molar-refractivity contribution < 1.29 is 9.47 Å². The highest BCUT2D eigenvalue weighted by Crippen LogP contribution is 2.32. The largest absolute Gasteiger partial charge is 0.454 e. The van der Waals surface area contributed by atoms with Crippen LogP contribution in [0.4, 0.5) is 0 Å². The minimum atomic E-state index is 0. The standard InChI is InChI=1S/C21H22N4O2.HI/c1-22-21(24-11-9-15-7-8-18-19(12-15)27-14-26-18)25-13-17-5-2-4-16-6-3-10-23-20(16)17;/h2-8,10,12H,9,11,13-14H2,1H3,(H2,22,24,25);1H. The zero-order valence-corrected chi connectivity index (χ0v) is 18.0. The molecule has 0 saturated carbocycles. The molecule has 0 aliphatic carbocycles. The molecule has 0 atom stereocenters.